The van der Waals surface area contributed by atoms with Crippen molar-refractivity contribution in [3.05, 3.63) is 110 Å². The van der Waals surface area contributed by atoms with Crippen LogP contribution in [0, 0.1) is 24.7 Å². The fourth-order valence-corrected chi connectivity index (χ4v) is 15.0. The number of aryl methyl sites for hydroxylation is 1. The normalized spacial score (nSPS) is 24.7. The number of aliphatic hydroxyl groups is 1. The van der Waals surface area contributed by atoms with Gasteiger partial charge in [0, 0.05) is 31.6 Å². The highest BCUT2D eigenvalue weighted by molar-refractivity contribution is 7.13. The minimum absolute atomic E-state index is 0.0117. The number of fused-ring (bicyclic) bond motifs is 7. The Hall–Kier alpha value is -5.32. The number of benzene rings is 3. The molecule has 2 saturated carbocycles. The third-order valence-corrected chi connectivity index (χ3v) is 19.5. The molecule has 2 amide bonds. The lowest BCUT2D eigenvalue weighted by Gasteiger charge is -2.37. The van der Waals surface area contributed by atoms with Gasteiger partial charge in [0.25, 0.3) is 5.56 Å². The minimum atomic E-state index is -0.806. The number of nitrogens with two attached hydrogens (primary N) is 1. The van der Waals surface area contributed by atoms with E-state index in [0.717, 1.165) is 149 Å². The molecule has 0 unspecified atom stereocenters. The van der Waals surface area contributed by atoms with Crippen LogP contribution in [0.4, 0.5) is 0 Å². The minimum Gasteiger partial charge on any atom is -0.391 e. The fourth-order valence-electron chi connectivity index (χ4n) is 13.9. The molecule has 4 N–H and O–H groups in total. The molecule has 2 aliphatic carbocycles. The van der Waals surface area contributed by atoms with E-state index in [0.29, 0.717) is 22.2 Å². The maximum atomic E-state index is 14.8. The van der Waals surface area contributed by atoms with Crippen LogP contribution in [0.15, 0.2) is 81.1 Å². The van der Waals surface area contributed by atoms with Gasteiger partial charge in [0.2, 0.25) is 11.8 Å². The van der Waals surface area contributed by atoms with Gasteiger partial charge in [-0.3, -0.25) is 23.9 Å². The number of aliphatic imine (C=N–C) groups is 1. The van der Waals surface area contributed by atoms with Crippen LogP contribution in [-0.2, 0) is 15.0 Å². The molecule has 5 aromatic rings. The van der Waals surface area contributed by atoms with Gasteiger partial charge in [-0.05, 0) is 169 Å². The average Bonchev–Trinajstić information content (AvgIpc) is 4.15. The molecule has 0 bridgehead atoms. The first-order valence-corrected chi connectivity index (χ1v) is 29.0. The Morgan fingerprint density at radius 1 is 0.973 bits per heavy atom. The Morgan fingerprint density at radius 2 is 1.72 bits per heavy atom. The van der Waals surface area contributed by atoms with Gasteiger partial charge >= 0.3 is 0 Å². The number of nitrogens with one attached hydrogen (secondary N) is 1. The number of likely N-dealkylation sites (tertiary alicyclic amines) is 3. The second kappa shape index (κ2) is 22.0. The Kier molecular flexibility index (Phi) is 15.2. The van der Waals surface area contributed by atoms with Crippen LogP contribution in [0.25, 0.3) is 27.0 Å². The topological polar surface area (TPSA) is 175 Å². The molecule has 11 rings (SSSR count). The summed E-state index contributed by atoms with van der Waals surface area (Å²) in [5, 5.41) is 19.4. The van der Waals surface area contributed by atoms with E-state index in [1.807, 2.05) is 43.6 Å². The van der Waals surface area contributed by atoms with E-state index in [2.05, 4.69) is 67.1 Å². The maximum Gasteiger partial charge on any atom is 0.282 e. The molecule has 1 spiro atoms. The highest BCUT2D eigenvalue weighted by Gasteiger charge is 2.47. The summed E-state index contributed by atoms with van der Waals surface area (Å²) in [5.41, 5.74) is 9.84. The molecule has 6 heterocycles. The summed E-state index contributed by atoms with van der Waals surface area (Å²) in [6.45, 7) is 8.94. The van der Waals surface area contributed by atoms with E-state index in [1.165, 1.54) is 23.2 Å². The largest absolute Gasteiger partial charge is 0.391 e. The fraction of sp³-hybridized carbons (Fsp3) is 0.542. The molecule has 75 heavy (non-hydrogen) atoms. The number of β-amino-alcohol motifs (C(OH)–C–C–N with tert-alkyl or cyclic N) is 1. The van der Waals surface area contributed by atoms with Crippen LogP contribution < -0.4 is 16.7 Å². The summed E-state index contributed by atoms with van der Waals surface area (Å²) in [5.74, 6) is 7.73. The average molecular weight is 1050 g/mol. The summed E-state index contributed by atoms with van der Waals surface area (Å²) in [6.07, 6.45) is 14.5. The molecule has 16 heteroatoms. The molecule has 4 aliphatic heterocycles. The Labute approximate surface area is 449 Å². The maximum absolute atomic E-state index is 14.8. The summed E-state index contributed by atoms with van der Waals surface area (Å²) in [7, 11) is 2.10. The van der Waals surface area contributed by atoms with Crippen LogP contribution in [0.5, 0.6) is 0 Å². The first kappa shape index (κ1) is 51.8. The molecule has 4 atom stereocenters. The molecule has 3 saturated heterocycles. The monoisotopic (exact) mass is 1050 g/mol. The first-order valence-electron chi connectivity index (χ1n) is 27.8. The molecule has 3 aromatic carbocycles. The smallest absolute Gasteiger partial charge is 0.282 e. The van der Waals surface area contributed by atoms with Gasteiger partial charge < -0.3 is 31.0 Å². The summed E-state index contributed by atoms with van der Waals surface area (Å²) < 4.78 is 2.27. The lowest BCUT2D eigenvalue weighted by Crippen LogP contribution is -2.51. The third kappa shape index (κ3) is 10.2. The summed E-state index contributed by atoms with van der Waals surface area (Å²) in [4.78, 5) is 64.1. The lowest BCUT2D eigenvalue weighted by molar-refractivity contribution is -0.140. The first-order chi connectivity index (χ1) is 36.4. The second-order valence-electron chi connectivity index (χ2n) is 22.9. The number of hydrogen-bond donors (Lipinski definition) is 3. The van der Waals surface area contributed by atoms with Gasteiger partial charge in [-0.25, -0.2) is 4.98 Å². The number of rotatable bonds is 12. The molecule has 6 aliphatic rings. The number of thiazole rings is 1. The van der Waals surface area contributed by atoms with Gasteiger partial charge in [0.05, 0.1) is 61.0 Å². The van der Waals surface area contributed by atoms with Crippen LogP contribution in [-0.4, -0.2) is 123 Å². The number of carbonyl (C=O) groups excluding carboxylic acids is 2. The van der Waals surface area contributed by atoms with Crippen molar-refractivity contribution >= 4 is 57.6 Å². The van der Waals surface area contributed by atoms with Crippen molar-refractivity contribution < 1.29 is 14.7 Å². The van der Waals surface area contributed by atoms with E-state index < -0.39 is 18.2 Å². The van der Waals surface area contributed by atoms with E-state index in [-0.39, 0.29) is 53.6 Å². The van der Waals surface area contributed by atoms with Gasteiger partial charge in [0.1, 0.15) is 17.9 Å². The van der Waals surface area contributed by atoms with Crippen LogP contribution in [0.3, 0.4) is 0 Å². The Morgan fingerprint density at radius 3 is 2.43 bits per heavy atom. The van der Waals surface area contributed by atoms with Crippen LogP contribution in [0.1, 0.15) is 137 Å². The number of amides is 2. The van der Waals surface area contributed by atoms with Crippen LogP contribution in [0.2, 0.25) is 5.02 Å². The number of aromatic nitrogens is 3. The lowest BCUT2D eigenvalue weighted by atomic mass is 9.69. The predicted molar refractivity (Wildman–Crippen MR) is 299 cm³/mol. The number of halogens is 1. The molecule has 5 fully saturated rings. The van der Waals surface area contributed by atoms with E-state index in [4.69, 9.17) is 27.4 Å². The molecule has 2 aromatic heterocycles. The third-order valence-electron chi connectivity index (χ3n) is 18.2. The van der Waals surface area contributed by atoms with Crippen molar-refractivity contribution in [2.45, 2.75) is 139 Å². The van der Waals surface area contributed by atoms with Gasteiger partial charge in [-0.1, -0.05) is 73.3 Å². The number of carbonyl (C=O) groups is 2. The molecular formula is C59H73ClN10O4S. The van der Waals surface area contributed by atoms with Crippen molar-refractivity contribution in [2.75, 3.05) is 46.3 Å². The van der Waals surface area contributed by atoms with Crippen molar-refractivity contribution in [1.82, 2.24) is 34.6 Å². The number of hydrogen-bond acceptors (Lipinski definition) is 12. The number of piperidine rings is 2. The molecule has 14 nitrogen and oxygen atoms in total. The number of aliphatic hydroxyl groups excluding tert-OH is 1. The van der Waals surface area contributed by atoms with Crippen molar-refractivity contribution in [2.24, 2.45) is 33.7 Å². The SMILES string of the molecule is Cc1ncsc1-c1ccc([C@H](C)NC(=O)[C@@H]2C[C@@H](O)CN2C(=O)[C@@H](N=C/C(=N\N)C2CCC(CN3CCC(c4ccc5c(c4)-n4c(nc(=O)c6c(Cl)cccc64)C54CCCCC4)CC3)CC2)C2CCN(C)CC2)cc1. The van der Waals surface area contributed by atoms with Crippen molar-refractivity contribution in [3.63, 3.8) is 0 Å². The van der Waals surface area contributed by atoms with Gasteiger partial charge in [-0.15, -0.1) is 11.3 Å². The Bertz CT molecular complexity index is 3020. The number of nitrogens with zero attached hydrogens (tertiary/aromatic N) is 8. The summed E-state index contributed by atoms with van der Waals surface area (Å²) >= 11 is 8.26. The zero-order chi connectivity index (χ0) is 52.0. The van der Waals surface area contributed by atoms with Gasteiger partial charge in [-0.2, -0.15) is 10.1 Å². The standard InChI is InChI=1S/C59H73ClN10O4S/c1-36(39-14-16-43(17-15-39)54-37(2)63-35-75-54)64-55(72)51-31-45(71)34-69(51)57(74)53(42-20-26-67(3)27-21-42)62-32-48(66-61)41-12-10-38(11-13-41)33-68-28-22-40(23-29-68)44-18-19-46-50(30-44)70-49-9-7-8-47(60)52(49)56(73)65-58(70)59(46)24-5-4-6-25-59/h7-9,14-19,30,32,35-36,38,40-42,45,51,53,71H,4-6,10-13,20-29,31,33-34,61H2,1-3H3,(H,64,72)/b62-32?,66-48+/t36-,38?,41?,45+,51-,53-/m0/s1. The van der Waals surface area contributed by atoms with Crippen molar-refractivity contribution in [3.8, 4) is 16.1 Å². The molecule has 0 radical (unpaired) electrons. The van der Waals surface area contributed by atoms with E-state index in [9.17, 15) is 19.5 Å². The van der Waals surface area contributed by atoms with E-state index >= 15 is 0 Å². The molecule has 396 valence electrons. The zero-order valence-corrected chi connectivity index (χ0v) is 45.4. The second-order valence-corrected chi connectivity index (χ2v) is 24.1. The molecular weight excluding hydrogens is 980 g/mol. The van der Waals surface area contributed by atoms with Crippen molar-refractivity contribution in [1.29, 1.82) is 0 Å². The number of hydrazone groups is 1. The van der Waals surface area contributed by atoms with Gasteiger partial charge in [0.15, 0.2) is 0 Å². The Balaban J connectivity index is 0.710. The quantitative estimate of drug-likeness (QED) is 0.0626. The zero-order valence-electron chi connectivity index (χ0n) is 43.8. The summed E-state index contributed by atoms with van der Waals surface area (Å²) in [6, 6.07) is 19.2. The highest BCUT2D eigenvalue weighted by atomic mass is 35.5. The van der Waals surface area contributed by atoms with E-state index in [1.54, 1.807) is 28.5 Å². The van der Waals surface area contributed by atoms with Crippen LogP contribution >= 0.6 is 22.9 Å². The predicted octanol–water partition coefficient (Wildman–Crippen LogP) is 8.96. The highest BCUT2D eigenvalue weighted by Crippen LogP contribution is 2.52.